The van der Waals surface area contributed by atoms with E-state index in [2.05, 4.69) is 21.5 Å². The van der Waals surface area contributed by atoms with Gasteiger partial charge in [0.25, 0.3) is 0 Å². The van der Waals surface area contributed by atoms with Crippen LogP contribution in [-0.4, -0.2) is 14.5 Å². The van der Waals surface area contributed by atoms with Crippen LogP contribution >= 0.6 is 11.6 Å². The molecule has 0 N–H and O–H groups in total. The van der Waals surface area contributed by atoms with Gasteiger partial charge in [-0.2, -0.15) is 0 Å². The molecule has 0 aliphatic heterocycles. The number of halogens is 1. The van der Waals surface area contributed by atoms with Crippen LogP contribution in [-0.2, 0) is 12.4 Å². The first-order valence-corrected chi connectivity index (χ1v) is 8.16. The van der Waals surface area contributed by atoms with Crippen LogP contribution in [0.2, 0.25) is 0 Å². The van der Waals surface area contributed by atoms with E-state index in [1.807, 2.05) is 18.5 Å². The number of aromatic nitrogens is 3. The molecular formula is C16H22ClN3. The summed E-state index contributed by atoms with van der Waals surface area (Å²) in [5.41, 5.74) is 2.12. The van der Waals surface area contributed by atoms with Gasteiger partial charge in [0.05, 0.1) is 17.6 Å². The summed E-state index contributed by atoms with van der Waals surface area (Å²) >= 11 is 6.04. The summed E-state index contributed by atoms with van der Waals surface area (Å²) in [4.78, 5) is 8.72. The minimum atomic E-state index is 0.468. The number of pyridine rings is 1. The third-order valence-corrected chi connectivity index (χ3v) is 4.79. The largest absolute Gasteiger partial charge is 0.327 e. The monoisotopic (exact) mass is 291 g/mol. The van der Waals surface area contributed by atoms with Crippen molar-refractivity contribution < 1.29 is 0 Å². The summed E-state index contributed by atoms with van der Waals surface area (Å²) in [6, 6.07) is 2.04. The van der Waals surface area contributed by atoms with Crippen LogP contribution < -0.4 is 0 Å². The Hall–Kier alpha value is -1.09. The van der Waals surface area contributed by atoms with E-state index in [-0.39, 0.29) is 0 Å². The molecule has 0 radical (unpaired) electrons. The maximum Gasteiger partial charge on any atom is 0.124 e. The van der Waals surface area contributed by atoms with E-state index in [0.29, 0.717) is 5.88 Å². The first-order valence-electron chi connectivity index (χ1n) is 7.63. The molecule has 2 atom stereocenters. The van der Waals surface area contributed by atoms with E-state index in [0.717, 1.165) is 29.7 Å². The van der Waals surface area contributed by atoms with Crippen LogP contribution in [0.25, 0.3) is 11.0 Å². The standard InChI is InChI=1S/C16H22ClN3/c1-12-3-2-4-13(9-12)6-8-20-15-5-7-18-11-14(15)19-16(20)10-17/h5,7,11-13H,2-4,6,8-10H2,1H3. The van der Waals surface area contributed by atoms with Gasteiger partial charge in [-0.05, 0) is 30.7 Å². The van der Waals surface area contributed by atoms with Crippen molar-refractivity contribution in [2.45, 2.75) is 51.5 Å². The quantitative estimate of drug-likeness (QED) is 0.782. The van der Waals surface area contributed by atoms with Gasteiger partial charge in [-0.25, -0.2) is 4.98 Å². The van der Waals surface area contributed by atoms with Crippen LogP contribution in [0.15, 0.2) is 18.5 Å². The second-order valence-corrected chi connectivity index (χ2v) is 6.37. The fraction of sp³-hybridized carbons (Fsp3) is 0.625. The number of hydrogen-bond donors (Lipinski definition) is 0. The molecule has 0 aromatic carbocycles. The maximum atomic E-state index is 6.04. The molecule has 1 aliphatic carbocycles. The summed E-state index contributed by atoms with van der Waals surface area (Å²) < 4.78 is 2.28. The predicted molar refractivity (Wildman–Crippen MR) is 82.8 cm³/mol. The molecule has 1 saturated carbocycles. The third-order valence-electron chi connectivity index (χ3n) is 4.56. The van der Waals surface area contributed by atoms with Crippen molar-refractivity contribution in [3.05, 3.63) is 24.3 Å². The Kier molecular flexibility index (Phi) is 4.25. The fourth-order valence-corrected chi connectivity index (χ4v) is 3.72. The zero-order valence-electron chi connectivity index (χ0n) is 12.1. The molecule has 108 valence electrons. The normalized spacial score (nSPS) is 23.3. The third kappa shape index (κ3) is 2.83. The molecule has 0 bridgehead atoms. The van der Waals surface area contributed by atoms with E-state index >= 15 is 0 Å². The maximum absolute atomic E-state index is 6.04. The van der Waals surface area contributed by atoms with Gasteiger partial charge < -0.3 is 4.57 Å². The summed E-state index contributed by atoms with van der Waals surface area (Å²) in [7, 11) is 0. The number of imidazole rings is 1. The van der Waals surface area contributed by atoms with Crippen molar-refractivity contribution >= 4 is 22.6 Å². The summed E-state index contributed by atoms with van der Waals surface area (Å²) in [6.45, 7) is 3.41. The van der Waals surface area contributed by atoms with Gasteiger partial charge in [0.1, 0.15) is 11.3 Å². The topological polar surface area (TPSA) is 30.7 Å². The van der Waals surface area contributed by atoms with Crippen molar-refractivity contribution in [2.75, 3.05) is 0 Å². The van der Waals surface area contributed by atoms with Gasteiger partial charge in [-0.1, -0.05) is 26.2 Å². The second kappa shape index (κ2) is 6.13. The van der Waals surface area contributed by atoms with Gasteiger partial charge in [0.15, 0.2) is 0 Å². The predicted octanol–water partition coefficient (Wildman–Crippen LogP) is 4.39. The number of aryl methyl sites for hydroxylation is 1. The molecule has 0 saturated heterocycles. The Morgan fingerprint density at radius 2 is 2.30 bits per heavy atom. The smallest absolute Gasteiger partial charge is 0.124 e. The minimum Gasteiger partial charge on any atom is -0.327 e. The molecule has 4 heteroatoms. The first kappa shape index (κ1) is 13.9. The van der Waals surface area contributed by atoms with Crippen LogP contribution in [0.3, 0.4) is 0 Å². The highest BCUT2D eigenvalue weighted by Crippen LogP contribution is 2.31. The van der Waals surface area contributed by atoms with E-state index in [1.54, 1.807) is 0 Å². The number of hydrogen-bond acceptors (Lipinski definition) is 2. The molecule has 0 spiro atoms. The summed E-state index contributed by atoms with van der Waals surface area (Å²) in [6.07, 6.45) is 10.5. The minimum absolute atomic E-state index is 0.468. The van der Waals surface area contributed by atoms with E-state index in [9.17, 15) is 0 Å². The highest BCUT2D eigenvalue weighted by molar-refractivity contribution is 6.16. The van der Waals surface area contributed by atoms with Crippen LogP contribution in [0.5, 0.6) is 0 Å². The Morgan fingerprint density at radius 3 is 3.10 bits per heavy atom. The van der Waals surface area contributed by atoms with Gasteiger partial charge in [-0.3, -0.25) is 4.98 Å². The number of alkyl halides is 1. The van der Waals surface area contributed by atoms with Crippen LogP contribution in [0.4, 0.5) is 0 Å². The molecule has 2 heterocycles. The molecule has 2 aromatic rings. The summed E-state index contributed by atoms with van der Waals surface area (Å²) in [5.74, 6) is 3.19. The van der Waals surface area contributed by atoms with Crippen LogP contribution in [0, 0.1) is 11.8 Å². The fourth-order valence-electron chi connectivity index (χ4n) is 3.52. The van der Waals surface area contributed by atoms with Crippen molar-refractivity contribution in [3.63, 3.8) is 0 Å². The van der Waals surface area contributed by atoms with Crippen molar-refractivity contribution in [1.82, 2.24) is 14.5 Å². The van der Waals surface area contributed by atoms with Crippen molar-refractivity contribution in [1.29, 1.82) is 0 Å². The second-order valence-electron chi connectivity index (χ2n) is 6.10. The van der Waals surface area contributed by atoms with E-state index in [4.69, 9.17) is 11.6 Å². The van der Waals surface area contributed by atoms with Crippen molar-refractivity contribution in [3.8, 4) is 0 Å². The zero-order valence-corrected chi connectivity index (χ0v) is 12.8. The highest BCUT2D eigenvalue weighted by Gasteiger charge is 2.19. The Bertz CT molecular complexity index is 578. The highest BCUT2D eigenvalue weighted by atomic mass is 35.5. The molecular weight excluding hydrogens is 270 g/mol. The van der Waals surface area contributed by atoms with Gasteiger partial charge in [0.2, 0.25) is 0 Å². The van der Waals surface area contributed by atoms with E-state index < -0.39 is 0 Å². The van der Waals surface area contributed by atoms with Crippen molar-refractivity contribution in [2.24, 2.45) is 11.8 Å². The van der Waals surface area contributed by atoms with E-state index in [1.165, 1.54) is 37.6 Å². The molecule has 3 nitrogen and oxygen atoms in total. The molecule has 0 amide bonds. The lowest BCUT2D eigenvalue weighted by Crippen LogP contribution is -2.16. The first-order chi connectivity index (χ1) is 9.78. The molecule has 1 fully saturated rings. The SMILES string of the molecule is CC1CCCC(CCn2c(CCl)nc3cnccc32)C1. The lowest BCUT2D eigenvalue weighted by molar-refractivity contribution is 0.261. The molecule has 20 heavy (non-hydrogen) atoms. The average Bonchev–Trinajstić information content (AvgIpc) is 2.83. The number of rotatable bonds is 4. The van der Waals surface area contributed by atoms with Crippen LogP contribution in [0.1, 0.15) is 44.9 Å². The zero-order chi connectivity index (χ0) is 13.9. The molecule has 2 unspecified atom stereocenters. The number of fused-ring (bicyclic) bond motifs is 1. The Balaban J connectivity index is 1.76. The number of nitrogens with zero attached hydrogens (tertiary/aromatic N) is 3. The van der Waals surface area contributed by atoms with Gasteiger partial charge in [-0.15, -0.1) is 11.6 Å². The van der Waals surface area contributed by atoms with Gasteiger partial charge in [0, 0.05) is 12.7 Å². The Morgan fingerprint density at radius 1 is 1.40 bits per heavy atom. The Labute approximate surface area is 125 Å². The lowest BCUT2D eigenvalue weighted by Gasteiger charge is -2.27. The average molecular weight is 292 g/mol. The summed E-state index contributed by atoms with van der Waals surface area (Å²) in [5, 5.41) is 0. The molecule has 1 aliphatic rings. The lowest BCUT2D eigenvalue weighted by atomic mass is 9.81. The molecule has 2 aromatic heterocycles. The van der Waals surface area contributed by atoms with Gasteiger partial charge >= 0.3 is 0 Å². The molecule has 3 rings (SSSR count).